The molecule has 1 aliphatic rings. The molecule has 1 N–H and O–H groups in total. The molecule has 1 unspecified atom stereocenters. The number of hydrogen-bond acceptors (Lipinski definition) is 4. The second-order valence-electron chi connectivity index (χ2n) is 8.14. The van der Waals surface area contributed by atoms with Crippen LogP contribution < -0.4 is 15.5 Å². The van der Waals surface area contributed by atoms with Gasteiger partial charge in [0.15, 0.2) is 5.43 Å². The van der Waals surface area contributed by atoms with Gasteiger partial charge < -0.3 is 14.5 Å². The van der Waals surface area contributed by atoms with Gasteiger partial charge in [0.2, 0.25) is 5.76 Å². The van der Waals surface area contributed by atoms with E-state index in [9.17, 15) is 9.59 Å². The Morgan fingerprint density at radius 1 is 1.14 bits per heavy atom. The Hall–Kier alpha value is -3.08. The fourth-order valence-corrected chi connectivity index (χ4v) is 3.85. The van der Waals surface area contributed by atoms with Crippen molar-refractivity contribution in [3.63, 3.8) is 0 Å². The number of aryl methyl sites for hydroxylation is 2. The van der Waals surface area contributed by atoms with Gasteiger partial charge >= 0.3 is 0 Å². The minimum absolute atomic E-state index is 0.101. The number of ether oxygens (including phenoxy) is 1. The summed E-state index contributed by atoms with van der Waals surface area (Å²) in [5.74, 6) is 1.02. The lowest BCUT2D eigenvalue weighted by Crippen LogP contribution is -2.22. The van der Waals surface area contributed by atoms with Crippen LogP contribution in [0.5, 0.6) is 5.75 Å². The molecule has 4 rings (SSSR count). The topological polar surface area (TPSA) is 68.5 Å². The molecule has 1 atom stereocenters. The fraction of sp³-hybridized carbons (Fsp3) is 0.333. The number of carbonyl (C=O) groups is 1. The Bertz CT molecular complexity index is 1160. The second kappa shape index (κ2) is 7.39. The quantitative estimate of drug-likeness (QED) is 0.686. The van der Waals surface area contributed by atoms with Crippen molar-refractivity contribution in [1.29, 1.82) is 0 Å². The molecule has 0 bridgehead atoms. The van der Waals surface area contributed by atoms with Gasteiger partial charge in [-0.05, 0) is 61.1 Å². The molecule has 3 aromatic rings. The van der Waals surface area contributed by atoms with Crippen LogP contribution in [0.15, 0.2) is 45.6 Å². The molecule has 0 saturated carbocycles. The summed E-state index contributed by atoms with van der Waals surface area (Å²) in [5.41, 5.74) is 3.30. The first-order valence-corrected chi connectivity index (χ1v) is 9.96. The zero-order chi connectivity index (χ0) is 20.7. The van der Waals surface area contributed by atoms with Crippen molar-refractivity contribution in [2.75, 3.05) is 6.61 Å². The molecule has 0 spiro atoms. The number of rotatable bonds is 5. The molecular formula is C24H25NO4. The third-order valence-electron chi connectivity index (χ3n) is 5.30. The van der Waals surface area contributed by atoms with Crippen LogP contribution in [0.1, 0.15) is 59.1 Å². The average Bonchev–Trinajstić information content (AvgIpc) is 2.98. The highest BCUT2D eigenvalue weighted by atomic mass is 16.5. The van der Waals surface area contributed by atoms with E-state index >= 15 is 0 Å². The highest BCUT2D eigenvalue weighted by Crippen LogP contribution is 2.33. The molecule has 1 aromatic heterocycles. The third-order valence-corrected chi connectivity index (χ3v) is 5.30. The van der Waals surface area contributed by atoms with E-state index in [2.05, 4.69) is 19.2 Å². The van der Waals surface area contributed by atoms with Gasteiger partial charge in [0, 0.05) is 0 Å². The van der Waals surface area contributed by atoms with E-state index in [1.54, 1.807) is 6.07 Å². The van der Waals surface area contributed by atoms with Gasteiger partial charge in [-0.2, -0.15) is 0 Å². The van der Waals surface area contributed by atoms with Crippen LogP contribution >= 0.6 is 0 Å². The molecule has 1 aliphatic heterocycles. The fourth-order valence-electron chi connectivity index (χ4n) is 3.85. The summed E-state index contributed by atoms with van der Waals surface area (Å²) in [6.45, 7) is 8.75. The van der Waals surface area contributed by atoms with Gasteiger partial charge in [0.25, 0.3) is 5.91 Å². The molecule has 0 fully saturated rings. The Kier molecular flexibility index (Phi) is 4.91. The van der Waals surface area contributed by atoms with Crippen molar-refractivity contribution in [3.05, 3.63) is 74.6 Å². The van der Waals surface area contributed by atoms with Gasteiger partial charge in [0.1, 0.15) is 11.3 Å². The van der Waals surface area contributed by atoms with Crippen LogP contribution in [0.4, 0.5) is 0 Å². The first-order chi connectivity index (χ1) is 13.8. The molecule has 150 valence electrons. The zero-order valence-corrected chi connectivity index (χ0v) is 17.2. The van der Waals surface area contributed by atoms with Gasteiger partial charge in [0.05, 0.1) is 23.6 Å². The summed E-state index contributed by atoms with van der Waals surface area (Å²) in [4.78, 5) is 25.9. The summed E-state index contributed by atoms with van der Waals surface area (Å²) in [5, 5.41) is 3.43. The smallest absolute Gasteiger partial charge is 0.288 e. The average molecular weight is 391 g/mol. The normalized spacial score (nSPS) is 15.6. The van der Waals surface area contributed by atoms with Gasteiger partial charge in [-0.1, -0.05) is 32.0 Å². The molecule has 29 heavy (non-hydrogen) atoms. The second-order valence-corrected chi connectivity index (χ2v) is 8.14. The maximum atomic E-state index is 13.3. The van der Waals surface area contributed by atoms with E-state index in [-0.39, 0.29) is 17.1 Å². The number of fused-ring (bicyclic) bond motifs is 2. The summed E-state index contributed by atoms with van der Waals surface area (Å²) < 4.78 is 11.7. The predicted octanol–water partition coefficient (Wildman–Crippen LogP) is 4.67. The first-order valence-electron chi connectivity index (χ1n) is 9.96. The van der Waals surface area contributed by atoms with Crippen molar-refractivity contribution in [2.24, 2.45) is 5.92 Å². The molecule has 5 heteroatoms. The number of nitrogens with one attached hydrogen (secondary N) is 1. The minimum Gasteiger partial charge on any atom is -0.494 e. The lowest BCUT2D eigenvalue weighted by Gasteiger charge is -2.14. The third kappa shape index (κ3) is 3.53. The van der Waals surface area contributed by atoms with Crippen LogP contribution in [0, 0.1) is 19.8 Å². The SMILES string of the molecule is Cc1cc(C)c2c(=O)c3c(oc2c1)C(=O)NC3c1cccc(OCCC(C)C)c1. The summed E-state index contributed by atoms with van der Waals surface area (Å²) in [7, 11) is 0. The molecule has 2 heterocycles. The lowest BCUT2D eigenvalue weighted by atomic mass is 9.97. The number of benzene rings is 2. The predicted molar refractivity (Wildman–Crippen MR) is 113 cm³/mol. The van der Waals surface area contributed by atoms with Crippen molar-refractivity contribution < 1.29 is 13.9 Å². The molecule has 2 aromatic carbocycles. The van der Waals surface area contributed by atoms with Crippen molar-refractivity contribution in [1.82, 2.24) is 5.32 Å². The highest BCUT2D eigenvalue weighted by molar-refractivity contribution is 5.99. The summed E-state index contributed by atoms with van der Waals surface area (Å²) >= 11 is 0. The largest absolute Gasteiger partial charge is 0.494 e. The lowest BCUT2D eigenvalue weighted by molar-refractivity contribution is 0.0937. The van der Waals surface area contributed by atoms with E-state index in [1.165, 1.54) is 0 Å². The Morgan fingerprint density at radius 3 is 2.69 bits per heavy atom. The van der Waals surface area contributed by atoms with Crippen LogP contribution in [-0.2, 0) is 0 Å². The number of hydrogen-bond donors (Lipinski definition) is 1. The number of carbonyl (C=O) groups excluding carboxylic acids is 1. The molecule has 5 nitrogen and oxygen atoms in total. The van der Waals surface area contributed by atoms with Crippen LogP contribution in [0.25, 0.3) is 11.0 Å². The maximum absolute atomic E-state index is 13.3. The number of amides is 1. The van der Waals surface area contributed by atoms with E-state index < -0.39 is 6.04 Å². The Balaban J connectivity index is 1.77. The molecular weight excluding hydrogens is 366 g/mol. The van der Waals surface area contributed by atoms with Crippen LogP contribution in [0.3, 0.4) is 0 Å². The molecule has 1 amide bonds. The van der Waals surface area contributed by atoms with Gasteiger partial charge in [-0.15, -0.1) is 0 Å². The molecule has 0 saturated heterocycles. The van der Waals surface area contributed by atoms with E-state index in [0.717, 1.165) is 28.9 Å². The summed E-state index contributed by atoms with van der Waals surface area (Å²) in [6, 6.07) is 10.7. The van der Waals surface area contributed by atoms with E-state index in [1.807, 2.05) is 44.2 Å². The van der Waals surface area contributed by atoms with Crippen molar-refractivity contribution >= 4 is 16.9 Å². The van der Waals surface area contributed by atoms with Crippen molar-refractivity contribution in [2.45, 2.75) is 40.2 Å². The maximum Gasteiger partial charge on any atom is 0.288 e. The minimum atomic E-state index is -0.549. The van der Waals surface area contributed by atoms with E-state index in [0.29, 0.717) is 29.1 Å². The zero-order valence-electron chi connectivity index (χ0n) is 17.2. The molecule has 0 radical (unpaired) electrons. The van der Waals surface area contributed by atoms with Crippen LogP contribution in [-0.4, -0.2) is 12.5 Å². The van der Waals surface area contributed by atoms with E-state index in [4.69, 9.17) is 9.15 Å². The molecule has 0 aliphatic carbocycles. The van der Waals surface area contributed by atoms with Gasteiger partial charge in [-0.3, -0.25) is 9.59 Å². The standard InChI is InChI=1S/C24H25NO4/c1-13(2)8-9-28-17-7-5-6-16(12-17)21-20-22(26)19-15(4)10-14(3)11-18(19)29-23(20)24(27)25-21/h5-7,10-13,21H,8-9H2,1-4H3,(H,25,27). The highest BCUT2D eigenvalue weighted by Gasteiger charge is 2.36. The summed E-state index contributed by atoms with van der Waals surface area (Å²) in [6.07, 6.45) is 0.960. The Labute approximate surface area is 169 Å². The van der Waals surface area contributed by atoms with Crippen LogP contribution in [0.2, 0.25) is 0 Å². The van der Waals surface area contributed by atoms with Gasteiger partial charge in [-0.25, -0.2) is 0 Å². The Morgan fingerprint density at radius 2 is 1.93 bits per heavy atom. The monoisotopic (exact) mass is 391 g/mol. The van der Waals surface area contributed by atoms with Crippen molar-refractivity contribution in [3.8, 4) is 5.75 Å². The first kappa shape index (κ1) is 19.2.